The number of aliphatic hydroxyl groups excluding tert-OH is 1. The van der Waals surface area contributed by atoms with Crippen molar-refractivity contribution in [3.63, 3.8) is 0 Å². The minimum Gasteiger partial charge on any atom is -0.387 e. The molecule has 0 saturated heterocycles. The van der Waals surface area contributed by atoms with Crippen molar-refractivity contribution in [2.45, 2.75) is 12.3 Å². The number of alkyl halides is 3. The van der Waals surface area contributed by atoms with Crippen molar-refractivity contribution in [3.8, 4) is 11.4 Å². The summed E-state index contributed by atoms with van der Waals surface area (Å²) in [6.07, 6.45) is -2.70. The van der Waals surface area contributed by atoms with E-state index >= 15 is 0 Å². The summed E-state index contributed by atoms with van der Waals surface area (Å²) in [5.41, 5.74) is -0.100. The molecule has 140 valence electrons. The Labute approximate surface area is 157 Å². The standard InChI is InChI=1S/C18H14ClF3N4O/c19-13-3-1-11(2-4-13)14(27)10-24-16-9-15(18(20,21)22)25-17(26-16)12-5-7-23-8-6-12/h1-9,14,27H,10H2,(H,24,25,26). The van der Waals surface area contributed by atoms with Gasteiger partial charge in [-0.25, -0.2) is 9.97 Å². The molecule has 1 unspecified atom stereocenters. The highest BCUT2D eigenvalue weighted by atomic mass is 35.5. The van der Waals surface area contributed by atoms with Crippen molar-refractivity contribution >= 4 is 17.4 Å². The van der Waals surface area contributed by atoms with Crippen LogP contribution in [-0.4, -0.2) is 26.6 Å². The fourth-order valence-corrected chi connectivity index (χ4v) is 2.44. The maximum atomic E-state index is 13.2. The molecule has 9 heteroatoms. The normalized spacial score (nSPS) is 12.6. The van der Waals surface area contributed by atoms with E-state index in [1.165, 1.54) is 24.5 Å². The number of nitrogens with zero attached hydrogens (tertiary/aromatic N) is 3. The highest BCUT2D eigenvalue weighted by Crippen LogP contribution is 2.30. The van der Waals surface area contributed by atoms with E-state index < -0.39 is 18.0 Å². The van der Waals surface area contributed by atoms with Gasteiger partial charge in [-0.3, -0.25) is 4.98 Å². The molecule has 0 amide bonds. The maximum Gasteiger partial charge on any atom is 0.433 e. The minimum atomic E-state index is -4.63. The van der Waals surface area contributed by atoms with E-state index in [1.54, 1.807) is 24.3 Å². The molecule has 2 N–H and O–H groups in total. The van der Waals surface area contributed by atoms with Crippen molar-refractivity contribution in [1.29, 1.82) is 0 Å². The summed E-state index contributed by atoms with van der Waals surface area (Å²) in [7, 11) is 0. The van der Waals surface area contributed by atoms with Crippen molar-refractivity contribution in [2.24, 2.45) is 0 Å². The summed E-state index contributed by atoms with van der Waals surface area (Å²) in [5.74, 6) is -0.132. The Kier molecular flexibility index (Phi) is 5.57. The van der Waals surface area contributed by atoms with Gasteiger partial charge < -0.3 is 10.4 Å². The molecule has 3 aromatic rings. The summed E-state index contributed by atoms with van der Waals surface area (Å²) in [4.78, 5) is 11.5. The van der Waals surface area contributed by atoms with Crippen LogP contribution in [-0.2, 0) is 6.18 Å². The second-order valence-electron chi connectivity index (χ2n) is 5.64. The topological polar surface area (TPSA) is 70.9 Å². The van der Waals surface area contributed by atoms with Crippen molar-refractivity contribution in [2.75, 3.05) is 11.9 Å². The third-order valence-electron chi connectivity index (χ3n) is 3.69. The zero-order valence-corrected chi connectivity index (χ0v) is 14.5. The predicted octanol–water partition coefficient (Wildman–Crippen LogP) is 4.36. The number of nitrogens with one attached hydrogen (secondary N) is 1. The number of rotatable bonds is 5. The lowest BCUT2D eigenvalue weighted by Crippen LogP contribution is -2.16. The number of aliphatic hydroxyl groups is 1. The van der Waals surface area contributed by atoms with Crippen LogP contribution < -0.4 is 5.32 Å². The number of halogens is 4. The molecule has 27 heavy (non-hydrogen) atoms. The van der Waals surface area contributed by atoms with Crippen LogP contribution in [0.4, 0.5) is 19.0 Å². The Morgan fingerprint density at radius 1 is 1.04 bits per heavy atom. The third-order valence-corrected chi connectivity index (χ3v) is 3.94. The highest BCUT2D eigenvalue weighted by molar-refractivity contribution is 6.30. The van der Waals surface area contributed by atoms with Crippen LogP contribution in [0.3, 0.4) is 0 Å². The van der Waals surface area contributed by atoms with E-state index in [1.807, 2.05) is 0 Å². The molecule has 0 fully saturated rings. The molecule has 5 nitrogen and oxygen atoms in total. The Morgan fingerprint density at radius 3 is 2.33 bits per heavy atom. The van der Waals surface area contributed by atoms with Gasteiger partial charge in [-0.1, -0.05) is 23.7 Å². The van der Waals surface area contributed by atoms with Crippen molar-refractivity contribution in [1.82, 2.24) is 15.0 Å². The van der Waals surface area contributed by atoms with Gasteiger partial charge in [0.15, 0.2) is 11.5 Å². The van der Waals surface area contributed by atoms with Gasteiger partial charge in [-0.05, 0) is 29.8 Å². The Morgan fingerprint density at radius 2 is 1.70 bits per heavy atom. The molecular weight excluding hydrogens is 381 g/mol. The van der Waals surface area contributed by atoms with Crippen molar-refractivity contribution < 1.29 is 18.3 Å². The van der Waals surface area contributed by atoms with Gasteiger partial charge >= 0.3 is 6.18 Å². The molecule has 0 saturated carbocycles. The lowest BCUT2D eigenvalue weighted by atomic mass is 10.1. The monoisotopic (exact) mass is 394 g/mol. The lowest BCUT2D eigenvalue weighted by molar-refractivity contribution is -0.141. The first-order valence-corrected chi connectivity index (χ1v) is 8.25. The van der Waals surface area contributed by atoms with Crippen LogP contribution in [0.2, 0.25) is 5.02 Å². The fourth-order valence-electron chi connectivity index (χ4n) is 2.32. The van der Waals surface area contributed by atoms with Crippen LogP contribution >= 0.6 is 11.6 Å². The second-order valence-corrected chi connectivity index (χ2v) is 6.08. The number of pyridine rings is 1. The summed E-state index contributed by atoms with van der Waals surface area (Å²) in [6, 6.07) is 10.3. The quantitative estimate of drug-likeness (QED) is 0.673. The molecule has 0 radical (unpaired) electrons. The molecule has 0 aliphatic heterocycles. The number of hydrogen-bond donors (Lipinski definition) is 2. The molecule has 0 bridgehead atoms. The number of aromatic nitrogens is 3. The molecule has 2 heterocycles. The molecule has 0 aliphatic carbocycles. The maximum absolute atomic E-state index is 13.2. The van der Waals surface area contributed by atoms with Gasteiger partial charge in [0.25, 0.3) is 0 Å². The SMILES string of the molecule is OC(CNc1cc(C(F)(F)F)nc(-c2ccncc2)n1)c1ccc(Cl)cc1. The van der Waals surface area contributed by atoms with E-state index in [4.69, 9.17) is 11.6 Å². The first-order valence-electron chi connectivity index (χ1n) is 7.87. The number of hydrogen-bond acceptors (Lipinski definition) is 5. The zero-order valence-electron chi connectivity index (χ0n) is 13.8. The van der Waals surface area contributed by atoms with E-state index in [0.29, 0.717) is 16.1 Å². The van der Waals surface area contributed by atoms with Gasteiger partial charge in [0.1, 0.15) is 5.82 Å². The molecule has 3 rings (SSSR count). The Balaban J connectivity index is 1.84. The number of anilines is 1. The summed E-state index contributed by atoms with van der Waals surface area (Å²) in [5, 5.41) is 13.5. The second kappa shape index (κ2) is 7.89. The van der Waals surface area contributed by atoms with Crippen LogP contribution in [0.5, 0.6) is 0 Å². The van der Waals surface area contributed by atoms with E-state index in [-0.39, 0.29) is 18.2 Å². The summed E-state index contributed by atoms with van der Waals surface area (Å²) >= 11 is 5.80. The predicted molar refractivity (Wildman–Crippen MR) is 95.2 cm³/mol. The van der Waals surface area contributed by atoms with Gasteiger partial charge in [0.05, 0.1) is 6.10 Å². The van der Waals surface area contributed by atoms with Crippen molar-refractivity contribution in [3.05, 3.63) is 71.1 Å². The van der Waals surface area contributed by atoms with Gasteiger partial charge in [0, 0.05) is 35.6 Å². The minimum absolute atomic E-state index is 0.0360. The molecule has 0 aliphatic rings. The molecule has 1 atom stereocenters. The summed E-state index contributed by atoms with van der Waals surface area (Å²) in [6.45, 7) is -0.0360. The highest BCUT2D eigenvalue weighted by Gasteiger charge is 2.33. The number of benzene rings is 1. The average molecular weight is 395 g/mol. The van der Waals surface area contributed by atoms with Gasteiger partial charge in [-0.2, -0.15) is 13.2 Å². The van der Waals surface area contributed by atoms with E-state index in [9.17, 15) is 18.3 Å². The molecule has 1 aromatic carbocycles. The largest absolute Gasteiger partial charge is 0.433 e. The zero-order chi connectivity index (χ0) is 19.4. The third kappa shape index (κ3) is 4.93. The Bertz CT molecular complexity index is 905. The van der Waals surface area contributed by atoms with Gasteiger partial charge in [-0.15, -0.1) is 0 Å². The van der Waals surface area contributed by atoms with Crippen LogP contribution in [0, 0.1) is 0 Å². The van der Waals surface area contributed by atoms with E-state index in [2.05, 4.69) is 20.3 Å². The van der Waals surface area contributed by atoms with Crippen LogP contribution in [0.25, 0.3) is 11.4 Å². The van der Waals surface area contributed by atoms with Crippen LogP contribution in [0.1, 0.15) is 17.4 Å². The molecule has 2 aromatic heterocycles. The first-order chi connectivity index (χ1) is 12.8. The van der Waals surface area contributed by atoms with Crippen LogP contribution in [0.15, 0.2) is 54.9 Å². The first kappa shape index (κ1) is 19.1. The molecular formula is C18H14ClF3N4O. The lowest BCUT2D eigenvalue weighted by Gasteiger charge is -2.15. The fraction of sp³-hybridized carbons (Fsp3) is 0.167. The smallest absolute Gasteiger partial charge is 0.387 e. The van der Waals surface area contributed by atoms with E-state index in [0.717, 1.165) is 6.07 Å². The summed E-state index contributed by atoms with van der Waals surface area (Å²) < 4.78 is 39.5. The van der Waals surface area contributed by atoms with Gasteiger partial charge in [0.2, 0.25) is 0 Å². The average Bonchev–Trinajstić information content (AvgIpc) is 2.66. The Hall–Kier alpha value is -2.71. The molecule has 0 spiro atoms.